The van der Waals surface area contributed by atoms with Gasteiger partial charge in [0.2, 0.25) is 0 Å². The molecule has 4 heteroatoms. The Hall–Kier alpha value is -1.60. The standard InChI is InChI=1S/C9H10N2O2/c10-4-3-8(12)7-13-9-2-1-5-11-6-9/h1-2,5-6,8,12H,3,7H2. The molecule has 0 saturated carbocycles. The summed E-state index contributed by atoms with van der Waals surface area (Å²) in [6.45, 7) is 0.124. The number of pyridine rings is 1. The number of aliphatic hydroxyl groups is 1. The van der Waals surface area contributed by atoms with Crippen LogP contribution in [0, 0.1) is 11.3 Å². The Morgan fingerprint density at radius 1 is 1.69 bits per heavy atom. The summed E-state index contributed by atoms with van der Waals surface area (Å²) in [6, 6.07) is 5.34. The van der Waals surface area contributed by atoms with Crippen LogP contribution < -0.4 is 4.74 Å². The second-order valence-electron chi connectivity index (χ2n) is 2.52. The van der Waals surface area contributed by atoms with Crippen molar-refractivity contribution in [3.8, 4) is 11.8 Å². The van der Waals surface area contributed by atoms with Gasteiger partial charge >= 0.3 is 0 Å². The average molecular weight is 178 g/mol. The van der Waals surface area contributed by atoms with Gasteiger partial charge in [0, 0.05) is 6.20 Å². The molecule has 0 aliphatic carbocycles. The Morgan fingerprint density at radius 2 is 2.54 bits per heavy atom. The first-order chi connectivity index (χ1) is 6.33. The number of hydrogen-bond acceptors (Lipinski definition) is 4. The van der Waals surface area contributed by atoms with Crippen molar-refractivity contribution in [1.82, 2.24) is 4.98 Å². The maximum atomic E-state index is 9.14. The highest BCUT2D eigenvalue weighted by atomic mass is 16.5. The number of hydrogen-bond donors (Lipinski definition) is 1. The van der Waals surface area contributed by atoms with Gasteiger partial charge in [-0.15, -0.1) is 0 Å². The van der Waals surface area contributed by atoms with Crippen LogP contribution in [-0.4, -0.2) is 22.8 Å². The van der Waals surface area contributed by atoms with E-state index in [-0.39, 0.29) is 13.0 Å². The summed E-state index contributed by atoms with van der Waals surface area (Å²) in [5, 5.41) is 17.4. The van der Waals surface area contributed by atoms with Gasteiger partial charge in [-0.25, -0.2) is 0 Å². The maximum absolute atomic E-state index is 9.14. The number of ether oxygens (including phenoxy) is 1. The van der Waals surface area contributed by atoms with Crippen LogP contribution in [0.15, 0.2) is 24.5 Å². The minimum Gasteiger partial charge on any atom is -0.489 e. The molecule has 1 heterocycles. The first-order valence-electron chi connectivity index (χ1n) is 3.91. The molecule has 0 aromatic carbocycles. The molecule has 0 fully saturated rings. The Balaban J connectivity index is 2.32. The molecule has 0 amide bonds. The van der Waals surface area contributed by atoms with Gasteiger partial charge in [-0.2, -0.15) is 5.26 Å². The third kappa shape index (κ3) is 3.54. The Labute approximate surface area is 76.4 Å². The van der Waals surface area contributed by atoms with E-state index in [1.807, 2.05) is 6.07 Å². The normalized spacial score (nSPS) is 11.7. The second-order valence-corrected chi connectivity index (χ2v) is 2.52. The van der Waals surface area contributed by atoms with Crippen LogP contribution in [0.1, 0.15) is 6.42 Å². The number of aromatic nitrogens is 1. The lowest BCUT2D eigenvalue weighted by Gasteiger charge is -2.08. The molecule has 0 aliphatic rings. The first-order valence-corrected chi connectivity index (χ1v) is 3.91. The average Bonchev–Trinajstić information content (AvgIpc) is 2.17. The predicted molar refractivity (Wildman–Crippen MR) is 46.0 cm³/mol. The van der Waals surface area contributed by atoms with Crippen LogP contribution in [0.4, 0.5) is 0 Å². The van der Waals surface area contributed by atoms with E-state index < -0.39 is 6.10 Å². The van der Waals surface area contributed by atoms with Crippen LogP contribution in [0.2, 0.25) is 0 Å². The van der Waals surface area contributed by atoms with Gasteiger partial charge in [-0.1, -0.05) is 0 Å². The first kappa shape index (κ1) is 9.49. The van der Waals surface area contributed by atoms with E-state index >= 15 is 0 Å². The van der Waals surface area contributed by atoms with Gasteiger partial charge < -0.3 is 9.84 Å². The SMILES string of the molecule is N#CCC(O)COc1cccnc1. The van der Waals surface area contributed by atoms with Gasteiger partial charge in [0.15, 0.2) is 0 Å². The van der Waals surface area contributed by atoms with Crippen LogP contribution in [0.3, 0.4) is 0 Å². The van der Waals surface area contributed by atoms with Gasteiger partial charge in [-0.3, -0.25) is 4.98 Å². The van der Waals surface area contributed by atoms with Crippen molar-refractivity contribution in [2.75, 3.05) is 6.61 Å². The number of aliphatic hydroxyl groups excluding tert-OH is 1. The molecule has 1 N–H and O–H groups in total. The monoisotopic (exact) mass is 178 g/mol. The predicted octanol–water partition coefficient (Wildman–Crippen LogP) is 0.735. The van der Waals surface area contributed by atoms with Crippen LogP contribution in [0.5, 0.6) is 5.75 Å². The molecule has 4 nitrogen and oxygen atoms in total. The molecule has 1 rings (SSSR count). The Morgan fingerprint density at radius 3 is 3.15 bits per heavy atom. The van der Waals surface area contributed by atoms with Crippen molar-refractivity contribution in [1.29, 1.82) is 5.26 Å². The minimum absolute atomic E-state index is 0.0836. The zero-order valence-corrected chi connectivity index (χ0v) is 7.05. The Bertz CT molecular complexity index is 281. The highest BCUT2D eigenvalue weighted by molar-refractivity contribution is 5.15. The smallest absolute Gasteiger partial charge is 0.137 e. The molecule has 1 atom stereocenters. The van der Waals surface area contributed by atoms with Gasteiger partial charge in [0.1, 0.15) is 18.5 Å². The molecular weight excluding hydrogens is 168 g/mol. The van der Waals surface area contributed by atoms with Crippen molar-refractivity contribution < 1.29 is 9.84 Å². The van der Waals surface area contributed by atoms with Crippen LogP contribution in [0.25, 0.3) is 0 Å². The summed E-state index contributed by atoms with van der Waals surface area (Å²) in [5.41, 5.74) is 0. The zero-order chi connectivity index (χ0) is 9.52. The summed E-state index contributed by atoms with van der Waals surface area (Å²) in [5.74, 6) is 0.597. The summed E-state index contributed by atoms with van der Waals surface area (Å²) in [7, 11) is 0. The van der Waals surface area contributed by atoms with E-state index in [1.165, 1.54) is 0 Å². The van der Waals surface area contributed by atoms with E-state index in [4.69, 9.17) is 15.1 Å². The minimum atomic E-state index is -0.731. The van der Waals surface area contributed by atoms with Crippen molar-refractivity contribution in [2.45, 2.75) is 12.5 Å². The molecule has 13 heavy (non-hydrogen) atoms. The van der Waals surface area contributed by atoms with Gasteiger partial charge in [-0.05, 0) is 12.1 Å². The van der Waals surface area contributed by atoms with Crippen molar-refractivity contribution >= 4 is 0 Å². The molecule has 0 radical (unpaired) electrons. The fourth-order valence-electron chi connectivity index (χ4n) is 0.789. The highest BCUT2D eigenvalue weighted by Crippen LogP contribution is 2.06. The third-order valence-electron chi connectivity index (χ3n) is 1.40. The van der Waals surface area contributed by atoms with Crippen molar-refractivity contribution in [3.63, 3.8) is 0 Å². The molecule has 0 bridgehead atoms. The lowest BCUT2D eigenvalue weighted by Crippen LogP contribution is -2.16. The van der Waals surface area contributed by atoms with Crippen molar-refractivity contribution in [3.05, 3.63) is 24.5 Å². The summed E-state index contributed by atoms with van der Waals surface area (Å²) in [4.78, 5) is 3.84. The number of nitrogens with zero attached hydrogens (tertiary/aromatic N) is 2. The molecule has 0 saturated heterocycles. The van der Waals surface area contributed by atoms with E-state index in [1.54, 1.807) is 24.5 Å². The molecule has 0 aliphatic heterocycles. The van der Waals surface area contributed by atoms with Gasteiger partial charge in [0.05, 0.1) is 18.7 Å². The van der Waals surface area contributed by atoms with E-state index in [0.29, 0.717) is 5.75 Å². The molecule has 68 valence electrons. The summed E-state index contributed by atoms with van der Waals surface area (Å²) >= 11 is 0. The van der Waals surface area contributed by atoms with Crippen LogP contribution in [-0.2, 0) is 0 Å². The molecule has 1 aromatic heterocycles. The molecule has 1 aromatic rings. The van der Waals surface area contributed by atoms with E-state index in [2.05, 4.69) is 4.98 Å². The third-order valence-corrected chi connectivity index (χ3v) is 1.40. The topological polar surface area (TPSA) is 66.1 Å². The Kier molecular flexibility index (Phi) is 3.74. The molecule has 0 spiro atoms. The number of rotatable bonds is 4. The highest BCUT2D eigenvalue weighted by Gasteiger charge is 2.03. The van der Waals surface area contributed by atoms with Gasteiger partial charge in [0.25, 0.3) is 0 Å². The second kappa shape index (κ2) is 5.12. The fraction of sp³-hybridized carbons (Fsp3) is 0.333. The van der Waals surface area contributed by atoms with Crippen LogP contribution >= 0.6 is 0 Å². The fourth-order valence-corrected chi connectivity index (χ4v) is 0.789. The number of nitriles is 1. The zero-order valence-electron chi connectivity index (χ0n) is 7.05. The lowest BCUT2D eigenvalue weighted by molar-refractivity contribution is 0.111. The lowest BCUT2D eigenvalue weighted by atomic mass is 10.3. The maximum Gasteiger partial charge on any atom is 0.137 e. The van der Waals surface area contributed by atoms with E-state index in [0.717, 1.165) is 0 Å². The molecule has 1 unspecified atom stereocenters. The summed E-state index contributed by atoms with van der Waals surface area (Å²) in [6.07, 6.45) is 2.54. The summed E-state index contributed by atoms with van der Waals surface area (Å²) < 4.78 is 5.16. The molecular formula is C9H10N2O2. The largest absolute Gasteiger partial charge is 0.489 e. The van der Waals surface area contributed by atoms with Crippen molar-refractivity contribution in [2.24, 2.45) is 0 Å². The van der Waals surface area contributed by atoms with E-state index in [9.17, 15) is 0 Å². The quantitative estimate of drug-likeness (QED) is 0.738.